The summed E-state index contributed by atoms with van der Waals surface area (Å²) in [5, 5.41) is 0. The van der Waals surface area contributed by atoms with Gasteiger partial charge in [0, 0.05) is 36.3 Å². The zero-order valence-electron chi connectivity index (χ0n) is 14.3. The molecule has 9 heteroatoms. The fourth-order valence-corrected chi connectivity index (χ4v) is 3.32. The van der Waals surface area contributed by atoms with Crippen LogP contribution in [0.4, 0.5) is 13.2 Å². The molecular weight excluding hydrogens is 363 g/mol. The first-order valence-electron chi connectivity index (χ1n) is 8.49. The lowest BCUT2D eigenvalue weighted by molar-refractivity contribution is -0.137. The summed E-state index contributed by atoms with van der Waals surface area (Å²) in [4.78, 5) is 42.0. The second-order valence-electron chi connectivity index (χ2n) is 6.63. The lowest BCUT2D eigenvalue weighted by atomic mass is 9.89. The molecule has 6 nitrogen and oxygen atoms in total. The number of alkyl halides is 3. The van der Waals surface area contributed by atoms with Crippen LogP contribution >= 0.6 is 0 Å². The van der Waals surface area contributed by atoms with E-state index in [1.54, 1.807) is 0 Å². The minimum absolute atomic E-state index is 0.201. The van der Waals surface area contributed by atoms with Crippen LogP contribution in [0.1, 0.15) is 34.5 Å². The highest BCUT2D eigenvalue weighted by Gasteiger charge is 2.31. The van der Waals surface area contributed by atoms with E-state index >= 15 is 0 Å². The molecular formula is C18H18F3N3O3. The number of carbonyl (C=O) groups is 1. The fourth-order valence-electron chi connectivity index (χ4n) is 3.32. The monoisotopic (exact) mass is 381 g/mol. The van der Waals surface area contributed by atoms with Crippen molar-refractivity contribution in [2.24, 2.45) is 5.92 Å². The normalized spacial score (nSPS) is 18.4. The highest BCUT2D eigenvalue weighted by molar-refractivity contribution is 5.98. The minimum Gasteiger partial charge on any atom is -0.310 e. The van der Waals surface area contributed by atoms with E-state index in [9.17, 15) is 27.6 Å². The maximum atomic E-state index is 12.6. The summed E-state index contributed by atoms with van der Waals surface area (Å²) in [6.07, 6.45) is -3.06. The van der Waals surface area contributed by atoms with Gasteiger partial charge in [-0.1, -0.05) is 12.1 Å². The number of carbonyl (C=O) groups excluding carboxylic acids is 1. The summed E-state index contributed by atoms with van der Waals surface area (Å²) in [5.41, 5.74) is -1.18. The Bertz CT molecular complexity index is 903. The minimum atomic E-state index is -4.44. The van der Waals surface area contributed by atoms with Gasteiger partial charge in [0.05, 0.1) is 5.56 Å². The Balaban J connectivity index is 1.69. The van der Waals surface area contributed by atoms with Crippen LogP contribution in [-0.4, -0.2) is 33.7 Å². The second-order valence-corrected chi connectivity index (χ2v) is 6.63. The van der Waals surface area contributed by atoms with Crippen molar-refractivity contribution < 1.29 is 18.0 Å². The zero-order valence-corrected chi connectivity index (χ0v) is 14.3. The molecule has 0 amide bonds. The molecule has 0 aliphatic carbocycles. The lowest BCUT2D eigenvalue weighted by Crippen LogP contribution is -2.39. The van der Waals surface area contributed by atoms with Gasteiger partial charge in [-0.25, -0.2) is 4.79 Å². The number of Topliss-reactive ketones (excluding diaryl/α,β-unsaturated/α-hetero) is 1. The van der Waals surface area contributed by atoms with Gasteiger partial charge in [0.25, 0.3) is 5.56 Å². The highest BCUT2D eigenvalue weighted by atomic mass is 19.4. The number of rotatable bonds is 4. The molecule has 0 spiro atoms. The molecule has 0 radical (unpaired) electrons. The number of hydrogen-bond acceptors (Lipinski definition) is 4. The molecule has 1 aliphatic heterocycles. The van der Waals surface area contributed by atoms with Crippen LogP contribution in [-0.2, 0) is 12.7 Å². The van der Waals surface area contributed by atoms with E-state index < -0.39 is 23.0 Å². The SMILES string of the molecule is O=C(c1ccc(C(F)(F)F)cc1)[C@@H]1CCCN(Cc2cc(=O)[nH]c(=O)[nH]2)C1. The predicted molar refractivity (Wildman–Crippen MR) is 91.5 cm³/mol. The van der Waals surface area contributed by atoms with Crippen LogP contribution in [0.2, 0.25) is 0 Å². The summed E-state index contributed by atoms with van der Waals surface area (Å²) in [6.45, 7) is 1.43. The van der Waals surface area contributed by atoms with Crippen LogP contribution in [0.15, 0.2) is 39.9 Å². The molecule has 144 valence electrons. The van der Waals surface area contributed by atoms with Crippen LogP contribution in [0.5, 0.6) is 0 Å². The highest BCUT2D eigenvalue weighted by Crippen LogP contribution is 2.30. The quantitative estimate of drug-likeness (QED) is 0.795. The van der Waals surface area contributed by atoms with Gasteiger partial charge in [0.15, 0.2) is 5.78 Å². The zero-order chi connectivity index (χ0) is 19.6. The van der Waals surface area contributed by atoms with Gasteiger partial charge in [-0.3, -0.25) is 19.5 Å². The number of benzene rings is 1. The van der Waals surface area contributed by atoms with Gasteiger partial charge in [-0.15, -0.1) is 0 Å². The van der Waals surface area contributed by atoms with Crippen molar-refractivity contribution in [3.05, 3.63) is 68.0 Å². The van der Waals surface area contributed by atoms with Crippen molar-refractivity contribution in [1.29, 1.82) is 0 Å². The molecule has 2 aromatic rings. The van der Waals surface area contributed by atoms with E-state index in [0.717, 1.165) is 18.6 Å². The summed E-state index contributed by atoms with van der Waals surface area (Å²) in [5.74, 6) is -0.544. The fraction of sp³-hybridized carbons (Fsp3) is 0.389. The van der Waals surface area contributed by atoms with Crippen LogP contribution in [0.3, 0.4) is 0 Å². The van der Waals surface area contributed by atoms with Gasteiger partial charge >= 0.3 is 11.9 Å². The third-order valence-electron chi connectivity index (χ3n) is 4.58. The molecule has 27 heavy (non-hydrogen) atoms. The number of ketones is 1. The molecule has 1 aromatic heterocycles. The van der Waals surface area contributed by atoms with Crippen LogP contribution < -0.4 is 11.2 Å². The number of H-pyrrole nitrogens is 2. The Kier molecular flexibility index (Phi) is 5.31. The van der Waals surface area contributed by atoms with E-state index in [4.69, 9.17) is 0 Å². The van der Waals surface area contributed by atoms with Gasteiger partial charge < -0.3 is 4.98 Å². The standard InChI is InChI=1S/C18H18F3N3O3/c19-18(20,21)13-5-3-11(4-6-13)16(26)12-2-1-7-24(9-12)10-14-8-15(25)23-17(27)22-14/h3-6,8,12H,1-2,7,9-10H2,(H2,22,23,25,27)/t12-/m1/s1. The topological polar surface area (TPSA) is 86.0 Å². The number of hydrogen-bond donors (Lipinski definition) is 2. The Morgan fingerprint density at radius 2 is 1.85 bits per heavy atom. The first kappa shape index (κ1) is 19.1. The second kappa shape index (κ2) is 7.51. The molecule has 0 saturated carbocycles. The molecule has 2 heterocycles. The summed E-state index contributed by atoms with van der Waals surface area (Å²) < 4.78 is 37.9. The van der Waals surface area contributed by atoms with Crippen molar-refractivity contribution >= 4 is 5.78 Å². The first-order valence-corrected chi connectivity index (χ1v) is 8.49. The number of likely N-dealkylation sites (tertiary alicyclic amines) is 1. The molecule has 1 atom stereocenters. The lowest BCUT2D eigenvalue weighted by Gasteiger charge is -2.31. The average Bonchev–Trinajstić information content (AvgIpc) is 2.60. The van der Waals surface area contributed by atoms with E-state index in [1.165, 1.54) is 18.2 Å². The Morgan fingerprint density at radius 3 is 2.48 bits per heavy atom. The largest absolute Gasteiger partial charge is 0.416 e. The van der Waals surface area contributed by atoms with Crippen LogP contribution in [0, 0.1) is 5.92 Å². The molecule has 1 fully saturated rings. The maximum absolute atomic E-state index is 12.6. The summed E-state index contributed by atoms with van der Waals surface area (Å²) >= 11 is 0. The van der Waals surface area contributed by atoms with Crippen molar-refractivity contribution in [2.75, 3.05) is 13.1 Å². The molecule has 3 rings (SSSR count). The van der Waals surface area contributed by atoms with Gasteiger partial charge in [-0.05, 0) is 31.5 Å². The molecule has 1 aliphatic rings. The average molecular weight is 381 g/mol. The van der Waals surface area contributed by atoms with Gasteiger partial charge in [0.2, 0.25) is 0 Å². The predicted octanol–water partition coefficient (Wildman–Crippen LogP) is 2.18. The number of nitrogens with zero attached hydrogens (tertiary/aromatic N) is 1. The number of aromatic nitrogens is 2. The van der Waals surface area contributed by atoms with Crippen LogP contribution in [0.25, 0.3) is 0 Å². The molecule has 0 unspecified atom stereocenters. The number of piperidine rings is 1. The molecule has 1 saturated heterocycles. The van der Waals surface area contributed by atoms with Crippen molar-refractivity contribution in [3.63, 3.8) is 0 Å². The Labute approximate surface area is 152 Å². The van der Waals surface area contributed by atoms with Gasteiger partial charge in [-0.2, -0.15) is 13.2 Å². The number of halogens is 3. The maximum Gasteiger partial charge on any atom is 0.416 e. The molecule has 0 bridgehead atoms. The van der Waals surface area contributed by atoms with E-state index in [2.05, 4.69) is 9.97 Å². The van der Waals surface area contributed by atoms with Crippen molar-refractivity contribution in [3.8, 4) is 0 Å². The van der Waals surface area contributed by atoms with E-state index in [1.807, 2.05) is 4.90 Å². The molecule has 1 aromatic carbocycles. The Hall–Kier alpha value is -2.68. The molecule has 2 N–H and O–H groups in total. The summed E-state index contributed by atoms with van der Waals surface area (Å²) in [7, 11) is 0. The third kappa shape index (κ3) is 4.73. The smallest absolute Gasteiger partial charge is 0.310 e. The summed E-state index contributed by atoms with van der Waals surface area (Å²) in [6, 6.07) is 5.53. The van der Waals surface area contributed by atoms with Crippen molar-refractivity contribution in [2.45, 2.75) is 25.6 Å². The number of nitrogens with one attached hydrogen (secondary N) is 2. The van der Waals surface area contributed by atoms with E-state index in [0.29, 0.717) is 31.7 Å². The third-order valence-corrected chi connectivity index (χ3v) is 4.58. The van der Waals surface area contributed by atoms with E-state index in [-0.39, 0.29) is 17.3 Å². The van der Waals surface area contributed by atoms with Crippen molar-refractivity contribution in [1.82, 2.24) is 14.9 Å². The Morgan fingerprint density at radius 1 is 1.15 bits per heavy atom. The number of aromatic amines is 2. The first-order chi connectivity index (χ1) is 12.7. The van der Waals surface area contributed by atoms with Gasteiger partial charge in [0.1, 0.15) is 0 Å².